The Bertz CT molecular complexity index is 1560. The van der Waals surface area contributed by atoms with Crippen molar-refractivity contribution in [3.8, 4) is 16.5 Å². The van der Waals surface area contributed by atoms with Crippen molar-refractivity contribution in [2.45, 2.75) is 17.9 Å². The number of halogens is 1. The van der Waals surface area contributed by atoms with Gasteiger partial charge in [-0.2, -0.15) is 0 Å². The second kappa shape index (κ2) is 11.8. The van der Waals surface area contributed by atoms with Crippen molar-refractivity contribution in [1.29, 1.82) is 0 Å². The molecule has 6 rings (SSSR count). The van der Waals surface area contributed by atoms with Gasteiger partial charge in [0, 0.05) is 72.9 Å². The number of likely N-dealkylation sites (N-methyl/N-ethyl adjacent to an activating group) is 1. The van der Waals surface area contributed by atoms with Crippen LogP contribution in [0.4, 0.5) is 4.39 Å². The fourth-order valence-electron chi connectivity index (χ4n) is 4.80. The number of ether oxygens (including phenoxy) is 1. The highest BCUT2D eigenvalue weighted by Crippen LogP contribution is 2.33. The second-order valence-electron chi connectivity index (χ2n) is 9.89. The molecule has 1 unspecified atom stereocenters. The highest BCUT2D eigenvalue weighted by Gasteiger charge is 2.29. The average molecular weight is 605 g/mol. The van der Waals surface area contributed by atoms with Gasteiger partial charge in [0.05, 0.1) is 37.7 Å². The molecule has 0 amide bonds. The first-order valence-corrected chi connectivity index (χ1v) is 15.7. The smallest absolute Gasteiger partial charge is 0.301 e. The van der Waals surface area contributed by atoms with Crippen LogP contribution in [0.15, 0.2) is 40.3 Å². The van der Waals surface area contributed by atoms with Crippen LogP contribution in [0.25, 0.3) is 15.7 Å². The van der Waals surface area contributed by atoms with E-state index in [2.05, 4.69) is 19.8 Å². The Kier molecular flexibility index (Phi) is 8.19. The molecule has 2 aliphatic rings. The maximum Gasteiger partial charge on any atom is 0.301 e. The first-order chi connectivity index (χ1) is 19.4. The van der Waals surface area contributed by atoms with Crippen molar-refractivity contribution < 1.29 is 18.8 Å². The molecule has 212 valence electrons. The van der Waals surface area contributed by atoms with Crippen LogP contribution < -0.4 is 5.56 Å². The minimum atomic E-state index is -1.49. The molecule has 2 fully saturated rings. The van der Waals surface area contributed by atoms with Gasteiger partial charge in [0.1, 0.15) is 16.5 Å². The van der Waals surface area contributed by atoms with E-state index in [9.17, 15) is 18.8 Å². The predicted molar refractivity (Wildman–Crippen MR) is 153 cm³/mol. The molecule has 0 aliphatic carbocycles. The summed E-state index contributed by atoms with van der Waals surface area (Å²) in [7, 11) is 2.02. The number of hydrogen-bond acceptors (Lipinski definition) is 11. The number of benzene rings is 1. The van der Waals surface area contributed by atoms with E-state index in [0.717, 1.165) is 41.5 Å². The zero-order valence-corrected chi connectivity index (χ0v) is 24.4. The van der Waals surface area contributed by atoms with Gasteiger partial charge in [-0.1, -0.05) is 17.4 Å². The van der Waals surface area contributed by atoms with Gasteiger partial charge in [-0.3, -0.25) is 14.1 Å². The number of piperazine rings is 1. The van der Waals surface area contributed by atoms with Crippen molar-refractivity contribution in [3.63, 3.8) is 0 Å². The van der Waals surface area contributed by atoms with Crippen LogP contribution in [0.2, 0.25) is 0 Å². The Labute approximate surface area is 241 Å². The number of fused-ring (bicyclic) bond motifs is 1. The third-order valence-corrected chi connectivity index (χ3v) is 10.6. The number of morpholine rings is 1. The van der Waals surface area contributed by atoms with Crippen LogP contribution in [0, 0.1) is 5.82 Å². The summed E-state index contributed by atoms with van der Waals surface area (Å²) in [5.41, 5.74) is 0.346. The molecular weight excluding hydrogens is 576 g/mol. The van der Waals surface area contributed by atoms with Crippen LogP contribution in [-0.4, -0.2) is 97.7 Å². The molecule has 1 N–H and O–H groups in total. The largest absolute Gasteiger partial charge is 0.593 e. The van der Waals surface area contributed by atoms with Crippen molar-refractivity contribution in [1.82, 2.24) is 28.5 Å². The van der Waals surface area contributed by atoms with Gasteiger partial charge in [-0.15, -0.1) is 15.6 Å². The van der Waals surface area contributed by atoms with E-state index in [1.54, 1.807) is 18.5 Å². The van der Waals surface area contributed by atoms with Crippen LogP contribution in [-0.2, 0) is 29.1 Å². The van der Waals surface area contributed by atoms with Gasteiger partial charge >= 0.3 is 5.56 Å². The summed E-state index contributed by atoms with van der Waals surface area (Å²) in [6.45, 7) is 6.60. The molecule has 0 radical (unpaired) electrons. The van der Waals surface area contributed by atoms with Crippen molar-refractivity contribution >= 4 is 39.0 Å². The Morgan fingerprint density at radius 1 is 1.12 bits per heavy atom. The summed E-state index contributed by atoms with van der Waals surface area (Å²) < 4.78 is 36.2. The fraction of sp³-hybridized carbons (Fsp3) is 0.423. The quantitative estimate of drug-likeness (QED) is 0.318. The van der Waals surface area contributed by atoms with Gasteiger partial charge in [0.15, 0.2) is 9.86 Å². The molecule has 40 heavy (non-hydrogen) atoms. The van der Waals surface area contributed by atoms with E-state index in [-0.39, 0.29) is 5.69 Å². The van der Waals surface area contributed by atoms with Gasteiger partial charge in [0.2, 0.25) is 5.75 Å². The molecule has 5 heterocycles. The number of aromatic nitrogens is 3. The molecule has 3 aromatic heterocycles. The molecule has 0 bridgehead atoms. The molecule has 10 nitrogen and oxygen atoms in total. The summed E-state index contributed by atoms with van der Waals surface area (Å²) in [6, 6.07) is 4.38. The Balaban J connectivity index is 1.25. The highest BCUT2D eigenvalue weighted by molar-refractivity contribution is 7.89. The zero-order chi connectivity index (χ0) is 27.8. The molecule has 2 aliphatic heterocycles. The Hall–Kier alpha value is -2.43. The third-order valence-electron chi connectivity index (χ3n) is 7.07. The summed E-state index contributed by atoms with van der Waals surface area (Å²) >= 11 is 1.22. The summed E-state index contributed by atoms with van der Waals surface area (Å²) in [5.74, 6) is -0.883. The lowest BCUT2D eigenvalue weighted by molar-refractivity contribution is 0.0346. The van der Waals surface area contributed by atoms with Gasteiger partial charge in [-0.05, 0) is 13.1 Å². The fourth-order valence-corrected chi connectivity index (χ4v) is 8.08. The predicted octanol–water partition coefficient (Wildman–Crippen LogP) is 2.42. The SMILES string of the molecule is CN1CCN([S+]([O-])c2cc(F)ccc2Cc2cnc(-c3nc4sc(CN5CCOCC5)cn4c(=O)c3O)s2)CC1. The molecule has 0 saturated carbocycles. The number of aromatic hydroxyl groups is 1. The summed E-state index contributed by atoms with van der Waals surface area (Å²) in [6.07, 6.45) is 3.78. The normalized spacial score (nSPS) is 18.5. The van der Waals surface area contributed by atoms with E-state index >= 15 is 0 Å². The second-order valence-corrected chi connectivity index (χ2v) is 13.6. The molecular formula is C26H29FN6O4S3. The van der Waals surface area contributed by atoms with E-state index < -0.39 is 28.5 Å². The lowest BCUT2D eigenvalue weighted by atomic mass is 10.1. The van der Waals surface area contributed by atoms with Gasteiger partial charge in [-0.25, -0.2) is 14.4 Å². The zero-order valence-electron chi connectivity index (χ0n) is 21.9. The third kappa shape index (κ3) is 5.81. The maximum atomic E-state index is 14.2. The Morgan fingerprint density at radius 3 is 2.67 bits per heavy atom. The first-order valence-electron chi connectivity index (χ1n) is 13.0. The molecule has 4 aromatic rings. The van der Waals surface area contributed by atoms with E-state index in [0.29, 0.717) is 54.1 Å². The standard InChI is InChI=1S/C26H29FN6O4S3/c1-30-4-6-32(7-5-30)40(36)21-13-18(27)3-2-17(21)12-19-14-28-24(38-19)22-23(34)25(35)33-16-20(39-26(33)29-22)15-31-8-10-37-11-9-31/h2-3,13-14,16,34H,4-12,15H2,1H3. The van der Waals surface area contributed by atoms with Gasteiger partial charge in [0.25, 0.3) is 0 Å². The lowest BCUT2D eigenvalue weighted by Gasteiger charge is -2.32. The number of rotatable bonds is 7. The van der Waals surface area contributed by atoms with Gasteiger partial charge < -0.3 is 19.3 Å². The van der Waals surface area contributed by atoms with E-state index in [1.807, 2.05) is 11.4 Å². The van der Waals surface area contributed by atoms with Crippen molar-refractivity contribution in [2.24, 2.45) is 0 Å². The number of thiazole rings is 2. The monoisotopic (exact) mass is 604 g/mol. The summed E-state index contributed by atoms with van der Waals surface area (Å²) in [4.78, 5) is 29.2. The van der Waals surface area contributed by atoms with Crippen LogP contribution in [0.5, 0.6) is 5.75 Å². The summed E-state index contributed by atoms with van der Waals surface area (Å²) in [5, 5.41) is 11.2. The number of nitrogens with zero attached hydrogens (tertiary/aromatic N) is 6. The lowest BCUT2D eigenvalue weighted by Crippen LogP contribution is -2.47. The number of hydrogen-bond donors (Lipinski definition) is 1. The molecule has 14 heteroatoms. The van der Waals surface area contributed by atoms with Crippen molar-refractivity contribution in [3.05, 3.63) is 62.1 Å². The topological polar surface area (TPSA) is 110 Å². The maximum absolute atomic E-state index is 14.2. The first kappa shape index (κ1) is 27.7. The molecule has 0 spiro atoms. The van der Waals surface area contributed by atoms with Crippen molar-refractivity contribution in [2.75, 3.05) is 59.5 Å². The highest BCUT2D eigenvalue weighted by atomic mass is 32.2. The Morgan fingerprint density at radius 2 is 1.90 bits per heavy atom. The van der Waals surface area contributed by atoms with Crippen LogP contribution in [0.1, 0.15) is 15.3 Å². The van der Waals surface area contributed by atoms with Crippen LogP contribution in [0.3, 0.4) is 0 Å². The van der Waals surface area contributed by atoms with E-state index in [4.69, 9.17) is 4.74 Å². The molecule has 1 aromatic carbocycles. The van der Waals surface area contributed by atoms with Crippen LogP contribution >= 0.6 is 22.7 Å². The molecule has 2 saturated heterocycles. The minimum absolute atomic E-state index is 0.140. The minimum Gasteiger partial charge on any atom is -0.593 e. The average Bonchev–Trinajstić information content (AvgIpc) is 3.59. The van der Waals surface area contributed by atoms with E-state index in [1.165, 1.54) is 39.2 Å². The molecule has 1 atom stereocenters.